The number of nitrogens with one attached hydrogen (secondary N) is 1. The van der Waals surface area contributed by atoms with Crippen LogP contribution in [0.5, 0.6) is 0 Å². The summed E-state index contributed by atoms with van der Waals surface area (Å²) >= 11 is 5.58. The summed E-state index contributed by atoms with van der Waals surface area (Å²) in [5, 5.41) is 49.7. The number of methoxy groups -OCH3 is 1. The van der Waals surface area contributed by atoms with Crippen molar-refractivity contribution in [3.05, 3.63) is 207 Å². The van der Waals surface area contributed by atoms with Crippen molar-refractivity contribution in [1.82, 2.24) is 92.6 Å². The Morgan fingerprint density at radius 2 is 0.813 bits per heavy atom. The van der Waals surface area contributed by atoms with Crippen molar-refractivity contribution in [2.45, 2.75) is 162 Å². The molecular formula is C74H104AlCl2LiN21NaO21S2. The van der Waals surface area contributed by atoms with Crippen LogP contribution >= 0.6 is 22.3 Å². The Morgan fingerprint density at radius 1 is 0.520 bits per heavy atom. The Hall–Kier alpha value is -10.1. The minimum absolute atomic E-state index is 0. The van der Waals surface area contributed by atoms with Gasteiger partial charge in [0.15, 0.2) is 50.9 Å². The third-order valence-electron chi connectivity index (χ3n) is 17.8. The number of aromatic nitrogens is 19. The van der Waals surface area contributed by atoms with Crippen LogP contribution in [0.25, 0.3) is 33.5 Å². The van der Waals surface area contributed by atoms with Gasteiger partial charge in [0.2, 0.25) is 9.05 Å². The molecule has 662 valence electrons. The maximum atomic E-state index is 12.6. The van der Waals surface area contributed by atoms with E-state index in [-0.39, 0.29) is 136 Å². The molecule has 0 bridgehead atoms. The summed E-state index contributed by atoms with van der Waals surface area (Å²) in [4.78, 5) is 97.6. The summed E-state index contributed by atoms with van der Waals surface area (Å²) in [6.45, 7) is 31.2. The molecule has 49 heteroatoms. The molecule has 0 atom stereocenters. The maximum Gasteiger partial charge on any atom is 1.00 e. The number of aryl methyl sites for hydroxylation is 20. The average Bonchev–Trinajstić information content (AvgIpc) is 1.59. The van der Waals surface area contributed by atoms with E-state index in [4.69, 9.17) is 65.5 Å². The third-order valence-corrected chi connectivity index (χ3v) is 18.6. The predicted molar refractivity (Wildman–Crippen MR) is 450 cm³/mol. The van der Waals surface area contributed by atoms with Crippen molar-refractivity contribution in [3.63, 3.8) is 0 Å². The predicted octanol–water partition coefficient (Wildman–Crippen LogP) is -0.592. The van der Waals surface area contributed by atoms with Crippen LogP contribution in [0.4, 0.5) is 0 Å². The number of nitriles is 1. The van der Waals surface area contributed by atoms with Gasteiger partial charge >= 0.3 is 71.5 Å². The number of carbonyl (C=O) groups is 1. The molecule has 0 fully saturated rings. The van der Waals surface area contributed by atoms with Crippen LogP contribution in [0.15, 0.2) is 79.4 Å². The number of hydrogen-bond donors (Lipinski definition) is 2. The van der Waals surface area contributed by atoms with Gasteiger partial charge in [-0.25, -0.2) is 37.8 Å². The molecule has 0 spiro atoms. The molecule has 0 radical (unpaired) electrons. The van der Waals surface area contributed by atoms with Crippen molar-refractivity contribution < 1.29 is 117 Å². The number of H-pyrrole nitrogens is 1. The molecule has 13 heterocycles. The Morgan fingerprint density at radius 3 is 1.10 bits per heavy atom. The fourth-order valence-corrected chi connectivity index (χ4v) is 12.0. The van der Waals surface area contributed by atoms with Gasteiger partial charge in [-0.3, -0.25) is 51.2 Å². The zero-order valence-corrected chi connectivity index (χ0v) is 77.3. The monoisotopic (exact) mass is 1810 g/mol. The van der Waals surface area contributed by atoms with E-state index in [2.05, 4.69) is 81.7 Å². The summed E-state index contributed by atoms with van der Waals surface area (Å²) in [5.41, 5.74) is 12.4. The largest absolute Gasteiger partial charge is 1.00 e. The fraction of sp³-hybridized carbons (Fsp3) is 0.473. The molecule has 42 nitrogen and oxygen atoms in total. The van der Waals surface area contributed by atoms with Gasteiger partial charge in [-0.15, -0.1) is 11.6 Å². The molecule has 0 saturated heterocycles. The fourth-order valence-electron chi connectivity index (χ4n) is 11.2. The van der Waals surface area contributed by atoms with E-state index in [9.17, 15) is 50.4 Å². The normalized spacial score (nSPS) is 10.4. The first-order valence-corrected chi connectivity index (χ1v) is 40.6. The first-order valence-electron chi connectivity index (χ1n) is 35.6. The molecule has 0 aliphatic rings. The molecule has 2 N–H and O–H groups in total. The number of nitrogens with zero attached hydrogens (tertiary/aromatic N) is 20. The Kier molecular flexibility index (Phi) is 47.6. The zero-order chi connectivity index (χ0) is 90.0. The Labute approximate surface area is 763 Å². The molecule has 0 aromatic carbocycles. The number of carbonyl (C=O) groups excluding carboxylic acids is 1. The second-order valence-corrected chi connectivity index (χ2v) is 31.2. The van der Waals surface area contributed by atoms with Gasteiger partial charge in [0.1, 0.15) is 40.3 Å². The van der Waals surface area contributed by atoms with Crippen molar-refractivity contribution in [2.24, 2.45) is 42.3 Å². The quantitative estimate of drug-likeness (QED) is 0.0305. The number of imidazole rings is 3. The Balaban J connectivity index is 0. The molecular weight excluding hydrogens is 1710 g/mol. The molecule has 0 saturated carbocycles. The number of esters is 1. The summed E-state index contributed by atoms with van der Waals surface area (Å²) in [5.74, 6) is 5.41. The van der Waals surface area contributed by atoms with E-state index in [0.29, 0.717) is 94.5 Å². The van der Waals surface area contributed by atoms with E-state index < -0.39 is 30.4 Å². The first kappa shape index (κ1) is 113. The van der Waals surface area contributed by atoms with Gasteiger partial charge in [0.25, 0.3) is 26.8 Å². The van der Waals surface area contributed by atoms with Gasteiger partial charge in [-0.05, 0) is 110 Å². The number of fused-ring (bicyclic) bond motifs is 3. The van der Waals surface area contributed by atoms with E-state index in [1.165, 1.54) is 48.9 Å². The molecule has 0 unspecified atom stereocenters. The van der Waals surface area contributed by atoms with Crippen LogP contribution in [-0.2, 0) is 133 Å². The molecule has 13 aromatic heterocycles. The maximum absolute atomic E-state index is 12.6. The summed E-state index contributed by atoms with van der Waals surface area (Å²) in [7, 11) is 9.28. The standard InChI is InChI=1S/2C14H17N5O3.C8H13NO4S.C8H11NO3.C7H8N4O2.C7H8N2O.C7H11NO2.C6H8ClNO.CH3ClO2S.CN.CH4.Al.Li.Na.4H/c2*1-8-10(9(2)22-16-8)5-6-19-13(20)11-12(15-7-17(11)3)18(4)14(19)21;1-6-8(7(2)13-9-6)4-5-12-14(3,10)11;1-5-7(4-8(10)11-3)6(2)12-9-5;1-10-3-8-5-4(10)6(12)9-7(13)11(5)2;1-5-7(3-4-8)6(2)10-9-5;1-5-7(3-4-9)6(2)10-8-5;1-4-6(3-7)5(2)9-8-4;1-5(2,3)4;1-2;;;;;;;;/h2*7H,5-6H2,1-4H3;4-5H2,1-3H3;4H2,1-3H3;3H,1-2H3,(H,9,12,13);3H2,1-2H3;9H,3-4H2,1-2H3;3H2,1-2H3;1H3;;1H4;;;;;;;/q;;;;;;;;;-1;;;2*+1;;;;-1. The number of aliphatic hydroxyl groups is 1. The van der Waals surface area contributed by atoms with Gasteiger partial charge in [-0.1, -0.05) is 43.5 Å². The Bertz CT molecular complexity index is 6040. The van der Waals surface area contributed by atoms with Crippen molar-refractivity contribution in [1.29, 1.82) is 10.5 Å². The minimum Gasteiger partial charge on any atom is -1.00 e. The number of rotatable bonds is 16. The third kappa shape index (κ3) is 31.6. The van der Waals surface area contributed by atoms with E-state index in [1.807, 2.05) is 76.2 Å². The zero-order valence-electron chi connectivity index (χ0n) is 73.1. The number of aliphatic hydroxyl groups excluding tert-OH is 1. The molecule has 13 aromatic rings. The van der Waals surface area contributed by atoms with E-state index in [0.717, 1.165) is 109 Å². The van der Waals surface area contributed by atoms with Crippen molar-refractivity contribution in [3.8, 4) is 6.07 Å². The average molecular weight is 1820 g/mol. The van der Waals surface area contributed by atoms with Crippen LogP contribution in [0.3, 0.4) is 0 Å². The SMILES string of the molecule is C.COC(=O)Cc1c(C)noc1C.CS(=O)(=O)Cl.Cc1noc(C)c1CC#N.Cc1noc(C)c1CCO.Cc1noc(C)c1CCOS(C)(=O)=O.Cc1noc(C)c1CCl.Cc1noc(C)c1CCn1c(=O)c2c(ncn2C)n(C)c1=O.Cc1noc(C)c1CCn1c(=O)c2c(ncn2C)n(C)c1=O.Cn1cnc2c1c(=O)[nH]c(=O)n2C.[AlH3].[C-]#N.[H-].[Li+].[Na+]. The first-order chi connectivity index (χ1) is 55.7. The smallest absolute Gasteiger partial charge is 1.00 e. The number of halogens is 2. The summed E-state index contributed by atoms with van der Waals surface area (Å²) < 4.78 is 95.3. The van der Waals surface area contributed by atoms with Crippen LogP contribution in [0.2, 0.25) is 0 Å². The topological polar surface area (TPSA) is 550 Å². The summed E-state index contributed by atoms with van der Waals surface area (Å²) in [6, 6.07) is 2.05. The van der Waals surface area contributed by atoms with Gasteiger partial charge < -0.3 is 68.5 Å². The van der Waals surface area contributed by atoms with Gasteiger partial charge in [-0.2, -0.15) is 13.7 Å². The van der Waals surface area contributed by atoms with Crippen LogP contribution < -0.4 is 82.2 Å². The molecule has 123 heavy (non-hydrogen) atoms. The van der Waals surface area contributed by atoms with Crippen molar-refractivity contribution >= 4 is 98.3 Å². The molecule has 0 aliphatic carbocycles. The van der Waals surface area contributed by atoms with Crippen molar-refractivity contribution in [2.75, 3.05) is 32.8 Å². The van der Waals surface area contributed by atoms with E-state index in [1.54, 1.807) is 76.8 Å². The molecule has 0 amide bonds. The van der Waals surface area contributed by atoms with Crippen LogP contribution in [0.1, 0.15) is 128 Å². The van der Waals surface area contributed by atoms with E-state index >= 15 is 0 Å². The number of aromatic amines is 1. The summed E-state index contributed by atoms with van der Waals surface area (Å²) in [6.07, 6.45) is 9.30. The van der Waals surface area contributed by atoms with Gasteiger partial charge in [0, 0.05) is 124 Å². The number of ether oxygens (including phenoxy) is 1. The van der Waals surface area contributed by atoms with Gasteiger partial charge in [0.05, 0.1) is 110 Å². The number of alkyl halides is 1. The van der Waals surface area contributed by atoms with Crippen LogP contribution in [-0.4, -0.2) is 171 Å². The molecule has 0 aliphatic heterocycles. The van der Waals surface area contributed by atoms with Crippen LogP contribution in [0, 0.1) is 120 Å². The number of hydrogen-bond acceptors (Lipinski definition) is 33. The molecule has 13 rings (SSSR count). The second kappa shape index (κ2) is 51.9. The minimum atomic E-state index is -3.35. The second-order valence-electron chi connectivity index (χ2n) is 26.3.